The van der Waals surface area contributed by atoms with E-state index >= 15 is 0 Å². The van der Waals surface area contributed by atoms with Crippen LogP contribution in [0.2, 0.25) is 0 Å². The van der Waals surface area contributed by atoms with Gasteiger partial charge in [-0.2, -0.15) is 0 Å². The highest BCUT2D eigenvalue weighted by atomic mass is 16.4. The van der Waals surface area contributed by atoms with E-state index in [1.54, 1.807) is 6.92 Å². The van der Waals surface area contributed by atoms with Crippen LogP contribution in [0, 0.1) is 0 Å². The van der Waals surface area contributed by atoms with Crippen LogP contribution in [0.25, 0.3) is 0 Å². The van der Waals surface area contributed by atoms with Crippen LogP contribution >= 0.6 is 0 Å². The Morgan fingerprint density at radius 1 is 0.606 bits per heavy atom. The van der Waals surface area contributed by atoms with Crippen molar-refractivity contribution in [2.45, 2.75) is 161 Å². The molecule has 0 aromatic carbocycles. The van der Waals surface area contributed by atoms with Gasteiger partial charge in [0.15, 0.2) is 0 Å². The molecule has 2 atom stereocenters. The van der Waals surface area contributed by atoms with Gasteiger partial charge in [-0.3, -0.25) is 9.59 Å². The lowest BCUT2D eigenvalue weighted by Gasteiger charge is -2.31. The van der Waals surface area contributed by atoms with Crippen molar-refractivity contribution in [3.63, 3.8) is 0 Å². The summed E-state index contributed by atoms with van der Waals surface area (Å²) in [6, 6.07) is 0. The number of aliphatic hydroxyl groups is 2. The van der Waals surface area contributed by atoms with Crippen molar-refractivity contribution in [3.8, 4) is 0 Å². The summed E-state index contributed by atoms with van der Waals surface area (Å²) in [4.78, 5) is 19.8. The molecule has 4 N–H and O–H groups in total. The van der Waals surface area contributed by atoms with Gasteiger partial charge in [0.1, 0.15) is 0 Å². The molecule has 0 aliphatic carbocycles. The van der Waals surface area contributed by atoms with Gasteiger partial charge in [0.05, 0.1) is 11.7 Å². The first-order chi connectivity index (χ1) is 15.7. The standard InChI is InChI=1S/C21H44O2.C6H10O4/c1-4-6-8-10-12-13-15-17-19-21(23,20(3)22)18-16-14-11-9-7-5-2;7-5(8)3-1-2-4-6(9)10/h20,22-23H,4-19H2,1-3H3;1-4H2,(H,7,8)(H,9,10). The number of aliphatic hydroxyl groups excluding tert-OH is 1. The van der Waals surface area contributed by atoms with Gasteiger partial charge in [0, 0.05) is 12.8 Å². The molecule has 0 radical (unpaired) electrons. The van der Waals surface area contributed by atoms with Gasteiger partial charge in [0.25, 0.3) is 0 Å². The van der Waals surface area contributed by atoms with Gasteiger partial charge in [-0.1, -0.05) is 104 Å². The molecule has 6 heteroatoms. The molecule has 0 rings (SSSR count). The van der Waals surface area contributed by atoms with E-state index in [9.17, 15) is 19.8 Å². The Kier molecular flexibility index (Phi) is 24.7. The predicted molar refractivity (Wildman–Crippen MR) is 136 cm³/mol. The van der Waals surface area contributed by atoms with Crippen molar-refractivity contribution >= 4 is 11.9 Å². The summed E-state index contributed by atoms with van der Waals surface area (Å²) in [6.07, 6.45) is 19.5. The lowest BCUT2D eigenvalue weighted by atomic mass is 9.85. The molecule has 0 spiro atoms. The highest BCUT2D eigenvalue weighted by molar-refractivity contribution is 5.67. The molecule has 0 aromatic heterocycles. The van der Waals surface area contributed by atoms with Gasteiger partial charge < -0.3 is 20.4 Å². The van der Waals surface area contributed by atoms with Crippen molar-refractivity contribution in [2.75, 3.05) is 0 Å². The highest BCUT2D eigenvalue weighted by Gasteiger charge is 2.31. The van der Waals surface area contributed by atoms with Crippen LogP contribution in [-0.2, 0) is 9.59 Å². The van der Waals surface area contributed by atoms with Crippen LogP contribution in [0.4, 0.5) is 0 Å². The first kappa shape index (κ1) is 34.0. The van der Waals surface area contributed by atoms with Crippen LogP contribution in [0.1, 0.15) is 149 Å². The lowest BCUT2D eigenvalue weighted by molar-refractivity contribution is -0.139. The highest BCUT2D eigenvalue weighted by Crippen LogP contribution is 2.26. The van der Waals surface area contributed by atoms with Crippen molar-refractivity contribution < 1.29 is 30.0 Å². The smallest absolute Gasteiger partial charge is 0.303 e. The van der Waals surface area contributed by atoms with Gasteiger partial charge >= 0.3 is 11.9 Å². The van der Waals surface area contributed by atoms with E-state index in [1.165, 1.54) is 77.0 Å². The Hall–Kier alpha value is -1.14. The molecular formula is C27H54O6. The predicted octanol–water partition coefficient (Wildman–Crippen LogP) is 7.10. The number of hydrogen-bond donors (Lipinski definition) is 4. The number of carboxylic acid groups (broad SMARTS) is 2. The third-order valence-corrected chi connectivity index (χ3v) is 6.24. The molecule has 0 saturated heterocycles. The molecular weight excluding hydrogens is 420 g/mol. The van der Waals surface area contributed by atoms with E-state index in [1.807, 2.05) is 0 Å². The number of rotatable bonds is 22. The first-order valence-electron chi connectivity index (χ1n) is 13.5. The van der Waals surface area contributed by atoms with Crippen LogP contribution < -0.4 is 0 Å². The average molecular weight is 475 g/mol. The summed E-state index contributed by atoms with van der Waals surface area (Å²) in [5, 5.41) is 36.9. The Morgan fingerprint density at radius 3 is 1.18 bits per heavy atom. The molecule has 0 aliphatic heterocycles. The molecule has 0 bridgehead atoms. The molecule has 0 saturated carbocycles. The zero-order valence-corrected chi connectivity index (χ0v) is 21.8. The van der Waals surface area contributed by atoms with Gasteiger partial charge in [-0.15, -0.1) is 0 Å². The maximum atomic E-state index is 10.7. The summed E-state index contributed by atoms with van der Waals surface area (Å²) in [5.74, 6) is -1.74. The Morgan fingerprint density at radius 2 is 0.909 bits per heavy atom. The Labute approximate surface area is 203 Å². The lowest BCUT2D eigenvalue weighted by Crippen LogP contribution is -2.40. The minimum Gasteiger partial charge on any atom is -0.481 e. The Balaban J connectivity index is 0. The third kappa shape index (κ3) is 25.3. The molecule has 0 aliphatic rings. The second-order valence-electron chi connectivity index (χ2n) is 9.52. The minimum atomic E-state index is -0.870. The van der Waals surface area contributed by atoms with Crippen molar-refractivity contribution in [3.05, 3.63) is 0 Å². The van der Waals surface area contributed by atoms with E-state index in [2.05, 4.69) is 13.8 Å². The van der Waals surface area contributed by atoms with Crippen molar-refractivity contribution in [1.29, 1.82) is 0 Å². The van der Waals surface area contributed by atoms with Crippen LogP contribution in [0.15, 0.2) is 0 Å². The summed E-state index contributed by atoms with van der Waals surface area (Å²) < 4.78 is 0. The quantitative estimate of drug-likeness (QED) is 0.124. The van der Waals surface area contributed by atoms with Gasteiger partial charge in [-0.25, -0.2) is 0 Å². The molecule has 0 fully saturated rings. The molecule has 0 aromatic rings. The van der Waals surface area contributed by atoms with Crippen molar-refractivity contribution in [2.24, 2.45) is 0 Å². The molecule has 6 nitrogen and oxygen atoms in total. The monoisotopic (exact) mass is 474 g/mol. The van der Waals surface area contributed by atoms with E-state index in [4.69, 9.17) is 10.2 Å². The van der Waals surface area contributed by atoms with Gasteiger partial charge in [0.2, 0.25) is 0 Å². The second-order valence-corrected chi connectivity index (χ2v) is 9.52. The SMILES string of the molecule is CCCCCCCCCCC(O)(CCCCCCCC)C(C)O.O=C(O)CCCCC(=O)O. The second kappa shape index (κ2) is 24.0. The fraction of sp³-hybridized carbons (Fsp3) is 0.926. The maximum Gasteiger partial charge on any atom is 0.303 e. The largest absolute Gasteiger partial charge is 0.481 e. The molecule has 2 unspecified atom stereocenters. The van der Waals surface area contributed by atoms with Crippen molar-refractivity contribution in [1.82, 2.24) is 0 Å². The van der Waals surface area contributed by atoms with E-state index < -0.39 is 23.6 Å². The zero-order chi connectivity index (χ0) is 25.4. The fourth-order valence-electron chi connectivity index (χ4n) is 3.87. The summed E-state index contributed by atoms with van der Waals surface area (Å²) in [5.41, 5.74) is -0.854. The number of hydrogen-bond acceptors (Lipinski definition) is 4. The number of carbonyl (C=O) groups is 2. The van der Waals surface area contributed by atoms with Gasteiger partial charge in [-0.05, 0) is 32.6 Å². The van der Waals surface area contributed by atoms with Crippen LogP contribution in [0.3, 0.4) is 0 Å². The van der Waals surface area contributed by atoms with Crippen LogP contribution in [0.5, 0.6) is 0 Å². The summed E-state index contributed by atoms with van der Waals surface area (Å²) in [6.45, 7) is 6.23. The van der Waals surface area contributed by atoms with E-state index in [-0.39, 0.29) is 12.8 Å². The third-order valence-electron chi connectivity index (χ3n) is 6.24. The molecule has 0 amide bonds. The topological polar surface area (TPSA) is 115 Å². The average Bonchev–Trinajstić information content (AvgIpc) is 2.75. The summed E-state index contributed by atoms with van der Waals surface area (Å²) >= 11 is 0. The fourth-order valence-corrected chi connectivity index (χ4v) is 3.87. The Bertz CT molecular complexity index is 436. The zero-order valence-electron chi connectivity index (χ0n) is 21.8. The molecule has 0 heterocycles. The normalized spacial score (nSPS) is 13.6. The van der Waals surface area contributed by atoms with E-state index in [0.717, 1.165) is 25.7 Å². The maximum absolute atomic E-state index is 10.7. The number of unbranched alkanes of at least 4 members (excludes halogenated alkanes) is 13. The number of aliphatic carboxylic acids is 2. The molecule has 198 valence electrons. The minimum absolute atomic E-state index is 0.0628. The molecule has 33 heavy (non-hydrogen) atoms. The van der Waals surface area contributed by atoms with E-state index in [0.29, 0.717) is 12.8 Å². The van der Waals surface area contributed by atoms with Crippen LogP contribution in [-0.4, -0.2) is 44.1 Å². The number of carboxylic acids is 2. The summed E-state index contributed by atoms with van der Waals surface area (Å²) in [7, 11) is 0. The first-order valence-corrected chi connectivity index (χ1v) is 13.5.